The Kier molecular flexibility index (Phi) is 4.06. The van der Waals surface area contributed by atoms with Crippen molar-refractivity contribution >= 4 is 5.91 Å². The van der Waals surface area contributed by atoms with Gasteiger partial charge in [0.05, 0.1) is 6.42 Å². The highest BCUT2D eigenvalue weighted by Gasteiger charge is 2.34. The minimum absolute atomic E-state index is 0.298. The molecule has 3 nitrogen and oxygen atoms in total. The molecule has 1 aliphatic carbocycles. The number of aryl methyl sites for hydroxylation is 1. The molecule has 2 aliphatic rings. The molecule has 0 aromatic heterocycles. The summed E-state index contributed by atoms with van der Waals surface area (Å²) < 4.78 is 0. The molecular formula is C17H24N2O. The third-order valence-corrected chi connectivity index (χ3v) is 4.33. The first kappa shape index (κ1) is 13.6. The molecule has 108 valence electrons. The Bertz CT molecular complexity index is 476. The summed E-state index contributed by atoms with van der Waals surface area (Å²) >= 11 is 0. The van der Waals surface area contributed by atoms with Gasteiger partial charge >= 0.3 is 0 Å². The number of carbonyl (C=O) groups excluding carboxylic acids is 1. The lowest BCUT2D eigenvalue weighted by Crippen LogP contribution is -2.43. The minimum Gasteiger partial charge on any atom is -0.338 e. The van der Waals surface area contributed by atoms with Gasteiger partial charge in [-0.15, -0.1) is 0 Å². The maximum absolute atomic E-state index is 12.6. The van der Waals surface area contributed by atoms with Crippen molar-refractivity contribution in [3.63, 3.8) is 0 Å². The summed E-state index contributed by atoms with van der Waals surface area (Å²) in [6.45, 7) is 4.08. The zero-order valence-corrected chi connectivity index (χ0v) is 12.3. The van der Waals surface area contributed by atoms with E-state index in [1.807, 2.05) is 6.07 Å². The van der Waals surface area contributed by atoms with E-state index in [1.165, 1.54) is 31.2 Å². The molecule has 1 aliphatic heterocycles. The second-order valence-electron chi connectivity index (χ2n) is 6.24. The monoisotopic (exact) mass is 272 g/mol. The van der Waals surface area contributed by atoms with Crippen molar-refractivity contribution in [3.05, 3.63) is 35.4 Å². The van der Waals surface area contributed by atoms with Gasteiger partial charge in [-0.3, -0.25) is 4.79 Å². The van der Waals surface area contributed by atoms with Crippen LogP contribution in [0.4, 0.5) is 0 Å². The quantitative estimate of drug-likeness (QED) is 0.892. The second-order valence-corrected chi connectivity index (χ2v) is 6.24. The predicted molar refractivity (Wildman–Crippen MR) is 80.6 cm³/mol. The minimum atomic E-state index is 0.298. The molecule has 1 N–H and O–H groups in total. The second kappa shape index (κ2) is 5.96. The van der Waals surface area contributed by atoms with Gasteiger partial charge in [0.25, 0.3) is 0 Å². The van der Waals surface area contributed by atoms with Gasteiger partial charge in [-0.25, -0.2) is 0 Å². The fourth-order valence-corrected chi connectivity index (χ4v) is 3.09. The normalized spacial score (nSPS) is 21.9. The molecule has 3 rings (SSSR count). The third-order valence-electron chi connectivity index (χ3n) is 4.33. The van der Waals surface area contributed by atoms with Crippen LogP contribution >= 0.6 is 0 Å². The molecule has 0 bridgehead atoms. The molecule has 3 heteroatoms. The Morgan fingerprint density at radius 3 is 2.85 bits per heavy atom. The van der Waals surface area contributed by atoms with Gasteiger partial charge in [-0.1, -0.05) is 29.8 Å². The smallest absolute Gasteiger partial charge is 0.227 e. The summed E-state index contributed by atoms with van der Waals surface area (Å²) in [6, 6.07) is 9.32. The summed E-state index contributed by atoms with van der Waals surface area (Å²) in [4.78, 5) is 14.7. The first-order chi connectivity index (χ1) is 9.72. The van der Waals surface area contributed by atoms with Crippen LogP contribution in [0.5, 0.6) is 0 Å². The summed E-state index contributed by atoms with van der Waals surface area (Å²) in [7, 11) is 0. The molecule has 1 aromatic rings. The van der Waals surface area contributed by atoms with Crippen molar-refractivity contribution in [1.82, 2.24) is 10.2 Å². The van der Waals surface area contributed by atoms with Crippen LogP contribution in [0, 0.1) is 6.92 Å². The number of hydrogen-bond acceptors (Lipinski definition) is 2. The zero-order valence-electron chi connectivity index (χ0n) is 12.3. The van der Waals surface area contributed by atoms with Gasteiger partial charge in [0.1, 0.15) is 0 Å². The van der Waals surface area contributed by atoms with Crippen LogP contribution in [-0.2, 0) is 11.2 Å². The number of carbonyl (C=O) groups is 1. The third kappa shape index (κ3) is 3.40. The average molecular weight is 272 g/mol. The lowest BCUT2D eigenvalue weighted by atomic mass is 10.1. The molecule has 0 radical (unpaired) electrons. The van der Waals surface area contributed by atoms with E-state index in [-0.39, 0.29) is 0 Å². The first-order valence-corrected chi connectivity index (χ1v) is 7.81. The van der Waals surface area contributed by atoms with Crippen molar-refractivity contribution in [2.75, 3.05) is 13.1 Å². The molecule has 1 saturated carbocycles. The predicted octanol–water partition coefficient (Wildman–Crippen LogP) is 2.28. The molecule has 1 aromatic carbocycles. The van der Waals surface area contributed by atoms with Gasteiger partial charge in [-0.2, -0.15) is 0 Å². The standard InChI is InChI=1S/C17H24N2O/c1-13-4-2-5-14(10-13)11-17(20)19(16-7-8-16)12-15-6-3-9-18-15/h2,4-5,10,15-16,18H,3,6-9,11-12H2,1H3/t15-/m1/s1. The van der Waals surface area contributed by atoms with E-state index < -0.39 is 0 Å². The Balaban J connectivity index is 1.63. The topological polar surface area (TPSA) is 32.3 Å². The number of nitrogens with one attached hydrogen (secondary N) is 1. The van der Waals surface area contributed by atoms with Crippen molar-refractivity contribution in [2.45, 2.75) is 51.1 Å². The summed E-state index contributed by atoms with van der Waals surface area (Å²) in [5.41, 5.74) is 2.37. The molecule has 1 atom stereocenters. The van der Waals surface area contributed by atoms with Crippen molar-refractivity contribution in [1.29, 1.82) is 0 Å². The average Bonchev–Trinajstić information content (AvgIpc) is 3.12. The number of nitrogens with zero attached hydrogens (tertiary/aromatic N) is 1. The Morgan fingerprint density at radius 1 is 1.35 bits per heavy atom. The van der Waals surface area contributed by atoms with Gasteiger partial charge in [0.2, 0.25) is 5.91 Å². The lowest BCUT2D eigenvalue weighted by Gasteiger charge is -2.26. The van der Waals surface area contributed by atoms with E-state index in [2.05, 4.69) is 35.3 Å². The molecule has 0 spiro atoms. The largest absolute Gasteiger partial charge is 0.338 e. The molecule has 2 fully saturated rings. The maximum Gasteiger partial charge on any atom is 0.227 e. The fourth-order valence-electron chi connectivity index (χ4n) is 3.09. The van der Waals surface area contributed by atoms with Crippen LogP contribution in [0.25, 0.3) is 0 Å². The van der Waals surface area contributed by atoms with Crippen LogP contribution < -0.4 is 5.32 Å². The van der Waals surface area contributed by atoms with E-state index >= 15 is 0 Å². The number of rotatable bonds is 5. The number of amides is 1. The lowest BCUT2D eigenvalue weighted by molar-refractivity contribution is -0.131. The molecule has 1 saturated heterocycles. The van der Waals surface area contributed by atoms with Crippen LogP contribution in [0.15, 0.2) is 24.3 Å². The van der Waals surface area contributed by atoms with Crippen LogP contribution in [0.1, 0.15) is 36.8 Å². The highest BCUT2D eigenvalue weighted by Crippen LogP contribution is 2.28. The summed E-state index contributed by atoms with van der Waals surface area (Å²) in [6.07, 6.45) is 5.37. The molecule has 1 amide bonds. The SMILES string of the molecule is Cc1cccc(CC(=O)N(C[C@H]2CCCN2)C2CC2)c1. The van der Waals surface area contributed by atoms with Crippen molar-refractivity contribution in [2.24, 2.45) is 0 Å². The van der Waals surface area contributed by atoms with Crippen LogP contribution in [0.2, 0.25) is 0 Å². The van der Waals surface area contributed by atoms with Gasteiger partial charge in [0, 0.05) is 18.6 Å². The van der Waals surface area contributed by atoms with E-state index in [9.17, 15) is 4.79 Å². The van der Waals surface area contributed by atoms with Gasteiger partial charge in [0.15, 0.2) is 0 Å². The molecule has 1 heterocycles. The summed E-state index contributed by atoms with van der Waals surface area (Å²) in [5, 5.41) is 3.50. The van der Waals surface area contributed by atoms with Crippen LogP contribution in [-0.4, -0.2) is 36.0 Å². The molecular weight excluding hydrogens is 248 g/mol. The maximum atomic E-state index is 12.6. The van der Waals surface area contributed by atoms with Crippen molar-refractivity contribution in [3.8, 4) is 0 Å². The highest BCUT2D eigenvalue weighted by molar-refractivity contribution is 5.79. The Hall–Kier alpha value is -1.35. The van der Waals surface area contributed by atoms with E-state index in [4.69, 9.17) is 0 Å². The first-order valence-electron chi connectivity index (χ1n) is 7.81. The Morgan fingerprint density at radius 2 is 2.20 bits per heavy atom. The molecule has 0 unspecified atom stereocenters. The molecule has 20 heavy (non-hydrogen) atoms. The zero-order chi connectivity index (χ0) is 13.9. The Labute approximate surface area is 121 Å². The number of hydrogen-bond donors (Lipinski definition) is 1. The van der Waals surface area contributed by atoms with Gasteiger partial charge < -0.3 is 10.2 Å². The van der Waals surface area contributed by atoms with Crippen LogP contribution in [0.3, 0.4) is 0 Å². The number of benzene rings is 1. The fraction of sp³-hybridized carbons (Fsp3) is 0.588. The highest BCUT2D eigenvalue weighted by atomic mass is 16.2. The van der Waals surface area contributed by atoms with Crippen molar-refractivity contribution < 1.29 is 4.79 Å². The van der Waals surface area contributed by atoms with E-state index in [0.717, 1.165) is 18.7 Å². The summed E-state index contributed by atoms with van der Waals surface area (Å²) in [5.74, 6) is 0.298. The van der Waals surface area contributed by atoms with E-state index in [1.54, 1.807) is 0 Å². The van der Waals surface area contributed by atoms with Gasteiger partial charge in [-0.05, 0) is 44.7 Å². The van der Waals surface area contributed by atoms with E-state index in [0.29, 0.717) is 24.4 Å².